The molecule has 0 unspecified atom stereocenters. The van der Waals surface area contributed by atoms with Crippen LogP contribution in [-0.2, 0) is 0 Å². The van der Waals surface area contributed by atoms with Gasteiger partial charge in [0, 0.05) is 37.0 Å². The van der Waals surface area contributed by atoms with Crippen molar-refractivity contribution in [2.24, 2.45) is 0 Å². The summed E-state index contributed by atoms with van der Waals surface area (Å²) in [5, 5.41) is 7.20. The Balaban J connectivity index is 1.50. The summed E-state index contributed by atoms with van der Waals surface area (Å²) >= 11 is 0. The Morgan fingerprint density at radius 2 is 2.08 bits per heavy atom. The maximum atomic E-state index is 13.1. The molecule has 2 aromatic heterocycles. The third kappa shape index (κ3) is 3.30. The predicted octanol–water partition coefficient (Wildman–Crippen LogP) is 2.42. The van der Waals surface area contributed by atoms with Crippen molar-refractivity contribution in [3.8, 4) is 11.4 Å². The molecule has 1 fully saturated rings. The molecule has 0 bridgehead atoms. The molecule has 0 saturated carbocycles. The van der Waals surface area contributed by atoms with E-state index in [1.165, 1.54) is 24.5 Å². The standard InChI is InChI=1S/C18H17FN6O/c19-14-5-3-12(4-6-14)16-22-17(24-23-16)13-2-1-9-25(11-13)18(26)15-10-20-7-8-21-15/h3-8,10,13H,1-2,9,11H2,(H,22,23,24)/t13-/m1/s1. The highest BCUT2D eigenvalue weighted by molar-refractivity contribution is 5.92. The number of aromatic nitrogens is 5. The molecule has 8 heteroatoms. The Bertz CT molecular complexity index is 896. The van der Waals surface area contributed by atoms with Crippen LogP contribution >= 0.6 is 0 Å². The molecule has 1 aliphatic heterocycles. The van der Waals surface area contributed by atoms with E-state index in [-0.39, 0.29) is 17.6 Å². The van der Waals surface area contributed by atoms with E-state index in [9.17, 15) is 9.18 Å². The second kappa shape index (κ2) is 6.99. The molecule has 1 atom stereocenters. The zero-order valence-corrected chi connectivity index (χ0v) is 14.0. The number of amides is 1. The first-order valence-corrected chi connectivity index (χ1v) is 8.44. The van der Waals surface area contributed by atoms with Gasteiger partial charge in [-0.15, -0.1) is 0 Å². The molecule has 3 aromatic rings. The van der Waals surface area contributed by atoms with Crippen LogP contribution in [0.1, 0.15) is 35.1 Å². The van der Waals surface area contributed by atoms with Crippen LogP contribution in [0, 0.1) is 5.82 Å². The minimum atomic E-state index is -0.296. The Morgan fingerprint density at radius 3 is 2.85 bits per heavy atom. The van der Waals surface area contributed by atoms with Gasteiger partial charge in [0.2, 0.25) is 0 Å². The average Bonchev–Trinajstić information content (AvgIpc) is 3.19. The number of hydrogen-bond donors (Lipinski definition) is 1. The van der Waals surface area contributed by atoms with Crippen molar-refractivity contribution in [3.63, 3.8) is 0 Å². The largest absolute Gasteiger partial charge is 0.337 e. The first-order chi connectivity index (χ1) is 12.7. The number of aromatic amines is 1. The summed E-state index contributed by atoms with van der Waals surface area (Å²) in [5.74, 6) is 0.917. The summed E-state index contributed by atoms with van der Waals surface area (Å²) in [6.45, 7) is 1.23. The van der Waals surface area contributed by atoms with Crippen molar-refractivity contribution >= 4 is 5.91 Å². The Labute approximate surface area is 149 Å². The lowest BCUT2D eigenvalue weighted by molar-refractivity contribution is 0.0698. The normalized spacial score (nSPS) is 17.3. The molecule has 0 radical (unpaired) electrons. The van der Waals surface area contributed by atoms with Crippen molar-refractivity contribution < 1.29 is 9.18 Å². The highest BCUT2D eigenvalue weighted by Gasteiger charge is 2.28. The van der Waals surface area contributed by atoms with Gasteiger partial charge in [0.25, 0.3) is 5.91 Å². The number of hydrogen-bond acceptors (Lipinski definition) is 5. The molecule has 4 rings (SSSR count). The van der Waals surface area contributed by atoms with Gasteiger partial charge in [-0.25, -0.2) is 14.4 Å². The topological polar surface area (TPSA) is 87.7 Å². The van der Waals surface area contributed by atoms with Gasteiger partial charge in [-0.1, -0.05) is 0 Å². The monoisotopic (exact) mass is 352 g/mol. The van der Waals surface area contributed by atoms with Gasteiger partial charge in [-0.3, -0.25) is 14.9 Å². The highest BCUT2D eigenvalue weighted by atomic mass is 19.1. The molecule has 26 heavy (non-hydrogen) atoms. The van der Waals surface area contributed by atoms with Gasteiger partial charge in [0.05, 0.1) is 6.20 Å². The fraction of sp³-hybridized carbons (Fsp3) is 0.278. The van der Waals surface area contributed by atoms with Crippen LogP contribution in [0.4, 0.5) is 4.39 Å². The van der Waals surface area contributed by atoms with E-state index in [0.29, 0.717) is 24.6 Å². The number of rotatable bonds is 3. The van der Waals surface area contributed by atoms with Gasteiger partial charge in [0.15, 0.2) is 5.82 Å². The van der Waals surface area contributed by atoms with E-state index in [2.05, 4.69) is 25.1 Å². The Morgan fingerprint density at radius 1 is 1.23 bits per heavy atom. The minimum absolute atomic E-state index is 0.0751. The van der Waals surface area contributed by atoms with Crippen molar-refractivity contribution in [1.29, 1.82) is 0 Å². The summed E-state index contributed by atoms with van der Waals surface area (Å²) in [5.41, 5.74) is 1.09. The number of halogens is 1. The number of benzene rings is 1. The Hall–Kier alpha value is -3.16. The number of nitrogens with zero attached hydrogens (tertiary/aromatic N) is 5. The average molecular weight is 352 g/mol. The molecular weight excluding hydrogens is 335 g/mol. The second-order valence-corrected chi connectivity index (χ2v) is 6.23. The van der Waals surface area contributed by atoms with E-state index >= 15 is 0 Å². The number of carbonyl (C=O) groups excluding carboxylic acids is 1. The molecule has 1 N–H and O–H groups in total. The van der Waals surface area contributed by atoms with Crippen LogP contribution in [0.2, 0.25) is 0 Å². The summed E-state index contributed by atoms with van der Waals surface area (Å²) in [6, 6.07) is 6.06. The summed E-state index contributed by atoms with van der Waals surface area (Å²) < 4.78 is 13.1. The van der Waals surface area contributed by atoms with Gasteiger partial charge in [0.1, 0.15) is 17.3 Å². The lowest BCUT2D eigenvalue weighted by Gasteiger charge is -2.31. The predicted molar refractivity (Wildman–Crippen MR) is 91.7 cm³/mol. The fourth-order valence-corrected chi connectivity index (χ4v) is 3.14. The third-order valence-corrected chi connectivity index (χ3v) is 4.48. The quantitative estimate of drug-likeness (QED) is 0.782. The lowest BCUT2D eigenvalue weighted by atomic mass is 9.97. The van der Waals surface area contributed by atoms with Gasteiger partial charge >= 0.3 is 0 Å². The number of likely N-dealkylation sites (tertiary alicyclic amines) is 1. The molecule has 1 aliphatic rings. The van der Waals surface area contributed by atoms with E-state index in [0.717, 1.165) is 24.2 Å². The molecule has 1 aromatic carbocycles. The lowest BCUT2D eigenvalue weighted by Crippen LogP contribution is -2.39. The first kappa shape index (κ1) is 16.3. The molecule has 7 nitrogen and oxygen atoms in total. The van der Waals surface area contributed by atoms with Gasteiger partial charge < -0.3 is 4.90 Å². The smallest absolute Gasteiger partial charge is 0.274 e. The molecule has 1 amide bonds. The molecule has 1 saturated heterocycles. The number of carbonyl (C=O) groups is 1. The van der Waals surface area contributed by atoms with E-state index < -0.39 is 0 Å². The van der Waals surface area contributed by atoms with Crippen molar-refractivity contribution in [2.75, 3.05) is 13.1 Å². The maximum Gasteiger partial charge on any atom is 0.274 e. The Kier molecular flexibility index (Phi) is 4.39. The minimum Gasteiger partial charge on any atom is -0.337 e. The van der Waals surface area contributed by atoms with Gasteiger partial charge in [-0.2, -0.15) is 5.10 Å². The van der Waals surface area contributed by atoms with Crippen LogP contribution in [-0.4, -0.2) is 49.0 Å². The van der Waals surface area contributed by atoms with Crippen molar-refractivity contribution in [2.45, 2.75) is 18.8 Å². The van der Waals surface area contributed by atoms with E-state index in [1.807, 2.05) is 0 Å². The highest BCUT2D eigenvalue weighted by Crippen LogP contribution is 2.26. The fourth-order valence-electron chi connectivity index (χ4n) is 3.14. The van der Waals surface area contributed by atoms with Crippen molar-refractivity contribution in [3.05, 3.63) is 60.2 Å². The third-order valence-electron chi connectivity index (χ3n) is 4.48. The number of H-pyrrole nitrogens is 1. The molecule has 0 spiro atoms. The summed E-state index contributed by atoms with van der Waals surface area (Å²) in [7, 11) is 0. The first-order valence-electron chi connectivity index (χ1n) is 8.44. The van der Waals surface area contributed by atoms with Crippen molar-refractivity contribution in [1.82, 2.24) is 30.0 Å². The van der Waals surface area contributed by atoms with Crippen LogP contribution in [0.5, 0.6) is 0 Å². The van der Waals surface area contributed by atoms with Crippen LogP contribution < -0.4 is 0 Å². The van der Waals surface area contributed by atoms with E-state index in [1.54, 1.807) is 23.2 Å². The second-order valence-electron chi connectivity index (χ2n) is 6.23. The zero-order chi connectivity index (χ0) is 17.9. The van der Waals surface area contributed by atoms with E-state index in [4.69, 9.17) is 0 Å². The maximum absolute atomic E-state index is 13.1. The molecule has 0 aliphatic carbocycles. The zero-order valence-electron chi connectivity index (χ0n) is 14.0. The van der Waals surface area contributed by atoms with Crippen LogP contribution in [0.15, 0.2) is 42.9 Å². The SMILES string of the molecule is O=C(c1cnccn1)N1CCC[C@@H](c2nc(-c3ccc(F)cc3)n[nH]2)C1. The summed E-state index contributed by atoms with van der Waals surface area (Å²) in [4.78, 5) is 26.9. The molecule has 132 valence electrons. The number of nitrogens with one attached hydrogen (secondary N) is 1. The molecule has 3 heterocycles. The van der Waals surface area contributed by atoms with Crippen LogP contribution in [0.3, 0.4) is 0 Å². The summed E-state index contributed by atoms with van der Waals surface area (Å²) in [6.07, 6.45) is 6.33. The molecular formula is C18H17FN6O. The van der Waals surface area contributed by atoms with Crippen LogP contribution in [0.25, 0.3) is 11.4 Å². The van der Waals surface area contributed by atoms with Gasteiger partial charge in [-0.05, 0) is 37.1 Å². The number of piperidine rings is 1.